The molecule has 1 aromatic heterocycles. The van der Waals surface area contributed by atoms with E-state index in [1.54, 1.807) is 6.20 Å². The van der Waals surface area contributed by atoms with E-state index < -0.39 is 0 Å². The van der Waals surface area contributed by atoms with Crippen LogP contribution in [-0.2, 0) is 12.8 Å². The number of nitrogens with one attached hydrogen (secondary N) is 3. The Morgan fingerprint density at radius 2 is 2.13 bits per heavy atom. The summed E-state index contributed by atoms with van der Waals surface area (Å²) in [5.74, 6) is 0.395. The lowest BCUT2D eigenvalue weighted by atomic mass is 9.87. The highest BCUT2D eigenvalue weighted by molar-refractivity contribution is 5.89. The zero-order valence-corrected chi connectivity index (χ0v) is 12.7. The Bertz CT molecular complexity index is 729. The summed E-state index contributed by atoms with van der Waals surface area (Å²) in [6.07, 6.45) is 5.31. The Kier molecular flexibility index (Phi) is 4.23. The molecule has 0 bridgehead atoms. The first-order valence-corrected chi connectivity index (χ1v) is 7.56. The molecule has 2 amide bonds. The van der Waals surface area contributed by atoms with Crippen LogP contribution in [0.2, 0.25) is 0 Å². The van der Waals surface area contributed by atoms with Gasteiger partial charge in [-0.15, -0.1) is 0 Å². The van der Waals surface area contributed by atoms with E-state index in [1.165, 1.54) is 6.21 Å². The van der Waals surface area contributed by atoms with Crippen molar-refractivity contribution in [1.29, 1.82) is 5.41 Å². The standard InChI is InChI=1S/C17H19N5O/c18-9-15-14-7-6-13(8-11(14)10-20-16(15)19)22-17(23)21-12-4-2-1-3-5-12/h1-5,9-10,13,18H,6-8H2,(H2,19,20)(H2,21,22,23). The van der Waals surface area contributed by atoms with Crippen molar-refractivity contribution in [2.24, 2.45) is 0 Å². The highest BCUT2D eigenvalue weighted by Crippen LogP contribution is 2.26. The van der Waals surface area contributed by atoms with Crippen molar-refractivity contribution in [1.82, 2.24) is 10.3 Å². The second kappa shape index (κ2) is 6.48. The van der Waals surface area contributed by atoms with Crippen LogP contribution >= 0.6 is 0 Å². The average molecular weight is 309 g/mol. The van der Waals surface area contributed by atoms with Crippen LogP contribution < -0.4 is 16.4 Å². The largest absolute Gasteiger partial charge is 0.383 e. The number of carbonyl (C=O) groups excluding carboxylic acids is 1. The molecular weight excluding hydrogens is 290 g/mol. The lowest BCUT2D eigenvalue weighted by molar-refractivity contribution is 0.247. The number of nitrogens with zero attached hydrogens (tertiary/aromatic N) is 1. The summed E-state index contributed by atoms with van der Waals surface area (Å²) >= 11 is 0. The number of hydrogen-bond acceptors (Lipinski definition) is 4. The molecule has 118 valence electrons. The SMILES string of the molecule is N=Cc1c(N)ncc2c1CCC(NC(=O)Nc1ccccc1)C2. The number of hydrogen-bond donors (Lipinski definition) is 4. The average Bonchev–Trinajstić information content (AvgIpc) is 2.56. The van der Waals surface area contributed by atoms with Crippen LogP contribution in [0.25, 0.3) is 0 Å². The zero-order valence-electron chi connectivity index (χ0n) is 12.7. The predicted molar refractivity (Wildman–Crippen MR) is 90.9 cm³/mol. The van der Waals surface area contributed by atoms with Crippen LogP contribution in [0.15, 0.2) is 36.5 Å². The van der Waals surface area contributed by atoms with Crippen molar-refractivity contribution < 1.29 is 4.79 Å². The number of anilines is 2. The number of benzene rings is 1. The topological polar surface area (TPSA) is 104 Å². The fourth-order valence-corrected chi connectivity index (χ4v) is 2.94. The number of urea groups is 1. The number of carbonyl (C=O) groups is 1. The number of nitrogen functional groups attached to an aromatic ring is 1. The fourth-order valence-electron chi connectivity index (χ4n) is 2.94. The fraction of sp³-hybridized carbons (Fsp3) is 0.235. The van der Waals surface area contributed by atoms with Crippen molar-refractivity contribution >= 4 is 23.8 Å². The summed E-state index contributed by atoms with van der Waals surface area (Å²) in [7, 11) is 0. The minimum Gasteiger partial charge on any atom is -0.383 e. The summed E-state index contributed by atoms with van der Waals surface area (Å²) in [5, 5.41) is 13.3. The molecule has 0 saturated heterocycles. The second-order valence-electron chi connectivity index (χ2n) is 5.61. The van der Waals surface area contributed by atoms with Gasteiger partial charge in [0, 0.05) is 29.7 Å². The number of aromatic nitrogens is 1. The van der Waals surface area contributed by atoms with Gasteiger partial charge in [0.25, 0.3) is 0 Å². The van der Waals surface area contributed by atoms with Gasteiger partial charge in [-0.05, 0) is 42.5 Å². The van der Waals surface area contributed by atoms with Crippen LogP contribution in [0.3, 0.4) is 0 Å². The van der Waals surface area contributed by atoms with Gasteiger partial charge in [0.2, 0.25) is 0 Å². The molecule has 1 aliphatic rings. The molecule has 0 radical (unpaired) electrons. The maximum absolute atomic E-state index is 12.1. The number of amides is 2. The van der Waals surface area contributed by atoms with Gasteiger partial charge < -0.3 is 21.8 Å². The van der Waals surface area contributed by atoms with E-state index in [4.69, 9.17) is 11.1 Å². The maximum atomic E-state index is 12.1. The third-order valence-electron chi connectivity index (χ3n) is 4.07. The lowest BCUT2D eigenvalue weighted by Crippen LogP contribution is -2.41. The van der Waals surface area contributed by atoms with Crippen molar-refractivity contribution in [2.45, 2.75) is 25.3 Å². The molecule has 1 heterocycles. The highest BCUT2D eigenvalue weighted by Gasteiger charge is 2.23. The molecular formula is C17H19N5O. The van der Waals surface area contributed by atoms with Crippen molar-refractivity contribution in [2.75, 3.05) is 11.1 Å². The Hall–Kier alpha value is -2.89. The molecule has 3 rings (SSSR count). The number of rotatable bonds is 3. The Morgan fingerprint density at radius 3 is 2.87 bits per heavy atom. The number of para-hydroxylation sites is 1. The highest BCUT2D eigenvalue weighted by atomic mass is 16.2. The van der Waals surface area contributed by atoms with E-state index in [1.807, 2.05) is 30.3 Å². The summed E-state index contributed by atoms with van der Waals surface area (Å²) in [6, 6.07) is 9.19. The molecule has 1 aliphatic carbocycles. The van der Waals surface area contributed by atoms with Crippen molar-refractivity contribution in [3.63, 3.8) is 0 Å². The van der Waals surface area contributed by atoms with E-state index in [0.717, 1.165) is 29.7 Å². The Labute approximate surface area is 134 Å². The predicted octanol–water partition coefficient (Wildman–Crippen LogP) is 2.34. The second-order valence-corrected chi connectivity index (χ2v) is 5.61. The summed E-state index contributed by atoms with van der Waals surface area (Å²) in [5.41, 5.74) is 9.41. The molecule has 1 unspecified atom stereocenters. The number of nitrogens with two attached hydrogens (primary N) is 1. The van der Waals surface area contributed by atoms with E-state index in [0.29, 0.717) is 17.8 Å². The first kappa shape index (κ1) is 15.0. The Balaban J connectivity index is 1.66. The lowest BCUT2D eigenvalue weighted by Gasteiger charge is -2.26. The molecule has 0 aliphatic heterocycles. The van der Waals surface area contributed by atoms with Crippen molar-refractivity contribution in [3.05, 3.63) is 53.2 Å². The first-order valence-electron chi connectivity index (χ1n) is 7.56. The number of fused-ring (bicyclic) bond motifs is 1. The smallest absolute Gasteiger partial charge is 0.319 e. The number of pyridine rings is 1. The maximum Gasteiger partial charge on any atom is 0.319 e. The van der Waals surface area contributed by atoms with Crippen molar-refractivity contribution in [3.8, 4) is 0 Å². The van der Waals surface area contributed by atoms with Crippen LogP contribution in [0.4, 0.5) is 16.3 Å². The van der Waals surface area contributed by atoms with E-state index in [9.17, 15) is 4.79 Å². The minimum atomic E-state index is -0.208. The summed E-state index contributed by atoms with van der Waals surface area (Å²) < 4.78 is 0. The molecule has 5 N–H and O–H groups in total. The normalized spacial score (nSPS) is 16.3. The van der Waals surface area contributed by atoms with E-state index >= 15 is 0 Å². The van der Waals surface area contributed by atoms with Crippen LogP contribution in [0.5, 0.6) is 0 Å². The van der Waals surface area contributed by atoms with Crippen LogP contribution in [0, 0.1) is 5.41 Å². The van der Waals surface area contributed by atoms with Gasteiger partial charge in [0.05, 0.1) is 0 Å². The van der Waals surface area contributed by atoms with Gasteiger partial charge >= 0.3 is 6.03 Å². The van der Waals surface area contributed by atoms with Gasteiger partial charge in [-0.1, -0.05) is 18.2 Å². The molecule has 1 atom stereocenters. The van der Waals surface area contributed by atoms with Gasteiger partial charge in [0.1, 0.15) is 5.82 Å². The third kappa shape index (κ3) is 3.31. The summed E-state index contributed by atoms with van der Waals surface area (Å²) in [6.45, 7) is 0. The Morgan fingerprint density at radius 1 is 1.35 bits per heavy atom. The quantitative estimate of drug-likeness (QED) is 0.654. The molecule has 0 fully saturated rings. The zero-order chi connectivity index (χ0) is 16.2. The molecule has 0 saturated carbocycles. The van der Waals surface area contributed by atoms with Gasteiger partial charge in [-0.25, -0.2) is 9.78 Å². The van der Waals surface area contributed by atoms with Gasteiger partial charge in [-0.2, -0.15) is 0 Å². The van der Waals surface area contributed by atoms with Crippen LogP contribution in [0.1, 0.15) is 23.1 Å². The van der Waals surface area contributed by atoms with Crippen LogP contribution in [-0.4, -0.2) is 23.3 Å². The molecule has 6 heteroatoms. The third-order valence-corrected chi connectivity index (χ3v) is 4.07. The first-order chi connectivity index (χ1) is 11.2. The molecule has 1 aromatic carbocycles. The van der Waals surface area contributed by atoms with Gasteiger partial charge in [-0.3, -0.25) is 0 Å². The van der Waals surface area contributed by atoms with Gasteiger partial charge in [0.15, 0.2) is 0 Å². The molecule has 6 nitrogen and oxygen atoms in total. The minimum absolute atomic E-state index is 0.0511. The molecule has 2 aromatic rings. The summed E-state index contributed by atoms with van der Waals surface area (Å²) in [4.78, 5) is 16.2. The monoisotopic (exact) mass is 309 g/mol. The molecule has 23 heavy (non-hydrogen) atoms. The molecule has 0 spiro atoms. The van der Waals surface area contributed by atoms with E-state index in [-0.39, 0.29) is 12.1 Å². The van der Waals surface area contributed by atoms with E-state index in [2.05, 4.69) is 15.6 Å².